The molecule has 2 heteroatoms. The first-order valence-electron chi connectivity index (χ1n) is 21.1. The molecule has 0 aliphatic heterocycles. The highest BCUT2D eigenvalue weighted by atomic mass is 14.8. The Kier molecular flexibility index (Phi) is 7.26. The molecule has 1 aliphatic rings. The van der Waals surface area contributed by atoms with Crippen LogP contribution in [0.4, 0.5) is 0 Å². The van der Waals surface area contributed by atoms with Gasteiger partial charge in [0, 0.05) is 22.5 Å². The van der Waals surface area contributed by atoms with E-state index in [2.05, 4.69) is 206 Å². The second kappa shape index (κ2) is 13.0. The van der Waals surface area contributed by atoms with Crippen LogP contribution in [0.2, 0.25) is 0 Å². The summed E-state index contributed by atoms with van der Waals surface area (Å²) in [6.07, 6.45) is 1.86. The molecule has 2 nitrogen and oxygen atoms in total. The van der Waals surface area contributed by atoms with Crippen molar-refractivity contribution in [1.29, 1.82) is 0 Å². The Balaban J connectivity index is 1.14. The molecule has 0 N–H and O–H groups in total. The van der Waals surface area contributed by atoms with Gasteiger partial charge in [-0.05, 0) is 106 Å². The maximum atomic E-state index is 5.42. The van der Waals surface area contributed by atoms with E-state index in [1.165, 1.54) is 87.6 Å². The van der Waals surface area contributed by atoms with Crippen molar-refractivity contribution in [3.8, 4) is 33.5 Å². The van der Waals surface area contributed by atoms with Gasteiger partial charge in [0.2, 0.25) is 0 Å². The average molecular weight is 773 g/mol. The monoisotopic (exact) mass is 772 g/mol. The normalized spacial score (nSPS) is 13.0. The minimum absolute atomic E-state index is 0.521. The second-order valence-electron chi connectivity index (χ2n) is 16.3. The lowest BCUT2D eigenvalue weighted by atomic mass is 9.66. The van der Waals surface area contributed by atoms with Gasteiger partial charge in [0.05, 0.1) is 22.1 Å². The lowest BCUT2D eigenvalue weighted by Crippen LogP contribution is -2.28. The zero-order valence-corrected chi connectivity index (χ0v) is 33.2. The van der Waals surface area contributed by atoms with Crippen molar-refractivity contribution in [2.45, 2.75) is 5.41 Å². The summed E-state index contributed by atoms with van der Waals surface area (Å²) < 4.78 is 0. The van der Waals surface area contributed by atoms with Crippen LogP contribution < -0.4 is 0 Å². The summed E-state index contributed by atoms with van der Waals surface area (Å²) in [6, 6.07) is 78.2. The van der Waals surface area contributed by atoms with E-state index >= 15 is 0 Å². The Morgan fingerprint density at radius 2 is 0.885 bits per heavy atom. The number of rotatable bonds is 4. The lowest BCUT2D eigenvalue weighted by Gasteiger charge is -2.35. The summed E-state index contributed by atoms with van der Waals surface area (Å²) >= 11 is 0. The molecule has 12 aromatic rings. The van der Waals surface area contributed by atoms with Gasteiger partial charge in [-0.2, -0.15) is 0 Å². The topological polar surface area (TPSA) is 25.8 Å². The molecule has 0 saturated carbocycles. The first-order valence-corrected chi connectivity index (χ1v) is 21.1. The van der Waals surface area contributed by atoms with E-state index in [0.717, 1.165) is 33.1 Å². The Hall–Kier alpha value is -7.94. The molecule has 0 spiro atoms. The SMILES string of the molecule is c1ccc(C2(c3ccccc3)c3ccccc3-c3ccc4cc(-c5c6ccccc6c(-c6ccc7ccc8cccnc8c7n6)c6ccccc56)c5ccccc5c4c32)cc1. The highest BCUT2D eigenvalue weighted by molar-refractivity contribution is 6.26. The van der Waals surface area contributed by atoms with Crippen molar-refractivity contribution in [3.05, 3.63) is 241 Å². The van der Waals surface area contributed by atoms with Crippen molar-refractivity contribution in [1.82, 2.24) is 9.97 Å². The molecule has 0 atom stereocenters. The van der Waals surface area contributed by atoms with E-state index in [9.17, 15) is 0 Å². The van der Waals surface area contributed by atoms with Crippen LogP contribution in [0.1, 0.15) is 22.3 Å². The minimum atomic E-state index is -0.521. The Morgan fingerprint density at radius 3 is 1.57 bits per heavy atom. The van der Waals surface area contributed by atoms with Crippen LogP contribution in [0.25, 0.3) is 98.4 Å². The van der Waals surface area contributed by atoms with Crippen LogP contribution in [-0.2, 0) is 5.41 Å². The first-order chi connectivity index (χ1) is 30.3. The number of fused-ring (bicyclic) bond motifs is 12. The largest absolute Gasteiger partial charge is 0.254 e. The Morgan fingerprint density at radius 1 is 0.344 bits per heavy atom. The van der Waals surface area contributed by atoms with Crippen molar-refractivity contribution >= 4 is 64.9 Å². The lowest BCUT2D eigenvalue weighted by molar-refractivity contribution is 0.776. The van der Waals surface area contributed by atoms with Crippen LogP contribution in [0.15, 0.2) is 219 Å². The molecule has 2 aromatic heterocycles. The summed E-state index contributed by atoms with van der Waals surface area (Å²) in [6.45, 7) is 0. The number of pyridine rings is 2. The van der Waals surface area contributed by atoms with Gasteiger partial charge in [0.1, 0.15) is 0 Å². The third-order valence-corrected chi connectivity index (χ3v) is 13.3. The summed E-state index contributed by atoms with van der Waals surface area (Å²) in [5, 5.41) is 12.0. The molecule has 0 radical (unpaired) electrons. The Labute approximate surface area is 353 Å². The van der Waals surface area contributed by atoms with E-state index < -0.39 is 5.41 Å². The van der Waals surface area contributed by atoms with Gasteiger partial charge in [0.25, 0.3) is 0 Å². The van der Waals surface area contributed by atoms with Crippen molar-refractivity contribution < 1.29 is 0 Å². The summed E-state index contributed by atoms with van der Waals surface area (Å²) in [5.74, 6) is 0. The highest BCUT2D eigenvalue weighted by Crippen LogP contribution is 2.59. The molecular weight excluding hydrogens is 737 g/mol. The van der Waals surface area contributed by atoms with Crippen LogP contribution in [0, 0.1) is 0 Å². The molecule has 2 heterocycles. The van der Waals surface area contributed by atoms with E-state index in [-0.39, 0.29) is 0 Å². The Bertz CT molecular complexity index is 3660. The van der Waals surface area contributed by atoms with Gasteiger partial charge in [-0.3, -0.25) is 4.98 Å². The van der Waals surface area contributed by atoms with Crippen molar-refractivity contribution in [2.24, 2.45) is 0 Å². The predicted molar refractivity (Wildman–Crippen MR) is 255 cm³/mol. The molecule has 282 valence electrons. The fourth-order valence-electron chi connectivity index (χ4n) is 10.9. The highest BCUT2D eigenvalue weighted by Gasteiger charge is 2.47. The van der Waals surface area contributed by atoms with Crippen molar-refractivity contribution in [2.75, 3.05) is 0 Å². The smallest absolute Gasteiger partial charge is 0.0972 e. The first kappa shape index (κ1) is 34.0. The number of aromatic nitrogens is 2. The van der Waals surface area contributed by atoms with Crippen LogP contribution in [-0.4, -0.2) is 9.97 Å². The van der Waals surface area contributed by atoms with E-state index in [1.807, 2.05) is 12.3 Å². The third-order valence-electron chi connectivity index (χ3n) is 13.3. The van der Waals surface area contributed by atoms with Crippen LogP contribution >= 0.6 is 0 Å². The predicted octanol–water partition coefficient (Wildman–Crippen LogP) is 15.1. The summed E-state index contributed by atoms with van der Waals surface area (Å²) in [4.78, 5) is 10.2. The molecule has 61 heavy (non-hydrogen) atoms. The van der Waals surface area contributed by atoms with Gasteiger partial charge in [0.15, 0.2) is 0 Å². The zero-order valence-electron chi connectivity index (χ0n) is 33.2. The van der Waals surface area contributed by atoms with Gasteiger partial charge in [-0.15, -0.1) is 0 Å². The van der Waals surface area contributed by atoms with Gasteiger partial charge in [-0.1, -0.05) is 194 Å². The van der Waals surface area contributed by atoms with E-state index in [4.69, 9.17) is 9.97 Å². The number of hydrogen-bond acceptors (Lipinski definition) is 2. The van der Waals surface area contributed by atoms with Crippen LogP contribution in [0.3, 0.4) is 0 Å². The molecule has 10 aromatic carbocycles. The number of hydrogen-bond donors (Lipinski definition) is 0. The molecule has 0 unspecified atom stereocenters. The van der Waals surface area contributed by atoms with Gasteiger partial charge in [-0.25, -0.2) is 4.98 Å². The molecule has 13 rings (SSSR count). The van der Waals surface area contributed by atoms with Gasteiger partial charge >= 0.3 is 0 Å². The average Bonchev–Trinajstić information content (AvgIpc) is 3.64. The number of benzene rings is 10. The third kappa shape index (κ3) is 4.73. The quantitative estimate of drug-likeness (QED) is 0.132. The molecule has 0 amide bonds. The molecule has 0 fully saturated rings. The molecule has 0 saturated heterocycles. The molecular formula is C59H36N2. The minimum Gasteiger partial charge on any atom is -0.254 e. The molecule has 0 bridgehead atoms. The fraction of sp³-hybridized carbons (Fsp3) is 0.0169. The van der Waals surface area contributed by atoms with Gasteiger partial charge < -0.3 is 0 Å². The van der Waals surface area contributed by atoms with E-state index in [1.54, 1.807) is 0 Å². The fourth-order valence-corrected chi connectivity index (χ4v) is 10.9. The second-order valence-corrected chi connectivity index (χ2v) is 16.3. The van der Waals surface area contributed by atoms with E-state index in [0.29, 0.717) is 0 Å². The van der Waals surface area contributed by atoms with Crippen LogP contribution in [0.5, 0.6) is 0 Å². The van der Waals surface area contributed by atoms with Crippen molar-refractivity contribution in [3.63, 3.8) is 0 Å². The number of nitrogens with zero attached hydrogens (tertiary/aromatic N) is 2. The maximum Gasteiger partial charge on any atom is 0.0972 e. The zero-order chi connectivity index (χ0) is 40.1. The maximum absolute atomic E-state index is 5.42. The molecule has 1 aliphatic carbocycles. The summed E-state index contributed by atoms with van der Waals surface area (Å²) in [7, 11) is 0. The summed E-state index contributed by atoms with van der Waals surface area (Å²) in [5.41, 5.74) is 13.7. The standard InChI is InChI=1S/C59H36N2/c1-3-17-40(18-4-1)59(41-19-5-2-6-20-41)51-28-14-13-22-43(51)49-33-31-39-36-50(42-21-7-8-23-44(42)53(39)56(49)59)54-45-24-9-11-26-47(45)55(48-27-12-10-25-46(48)54)52-34-32-38-30-29-37-16-15-35-60-57(37)58(38)61-52/h1-36H.